The normalized spacial score (nSPS) is 20.4. The van der Waals surface area contributed by atoms with Crippen LogP contribution in [0, 0.1) is 12.7 Å². The monoisotopic (exact) mass is 195 g/mol. The van der Waals surface area contributed by atoms with Crippen molar-refractivity contribution in [1.82, 2.24) is 5.32 Å². The Hall–Kier alpha value is -1.58. The molecule has 1 aliphatic rings. The average molecular weight is 195 g/mol. The molecular weight excluding hydrogens is 185 g/mol. The molecule has 1 saturated heterocycles. The lowest BCUT2D eigenvalue weighted by molar-refractivity contribution is 0.177. The van der Waals surface area contributed by atoms with Gasteiger partial charge >= 0.3 is 6.09 Å². The van der Waals surface area contributed by atoms with Crippen LogP contribution in [-0.4, -0.2) is 12.7 Å². The summed E-state index contributed by atoms with van der Waals surface area (Å²) in [7, 11) is 0. The van der Waals surface area contributed by atoms with Gasteiger partial charge in [-0.15, -0.1) is 0 Å². The molecule has 1 amide bonds. The SMILES string of the molecule is Cc1ccc(F)c(C2COC(=O)N2)c1. The standard InChI is InChI=1S/C10H10FNO2/c1-6-2-3-8(11)7(4-6)9-5-14-10(13)12-9/h2-4,9H,5H2,1H3,(H,12,13). The van der Waals surface area contributed by atoms with Crippen LogP contribution >= 0.6 is 0 Å². The summed E-state index contributed by atoms with van der Waals surface area (Å²) in [6, 6.07) is 4.45. The second-order valence-corrected chi connectivity index (χ2v) is 3.32. The molecule has 0 bridgehead atoms. The summed E-state index contributed by atoms with van der Waals surface area (Å²) >= 11 is 0. The summed E-state index contributed by atoms with van der Waals surface area (Å²) in [5, 5.41) is 2.54. The Morgan fingerprint density at radius 1 is 1.57 bits per heavy atom. The van der Waals surface area contributed by atoms with Crippen molar-refractivity contribution in [3.8, 4) is 0 Å². The van der Waals surface area contributed by atoms with E-state index >= 15 is 0 Å². The third kappa shape index (κ3) is 1.55. The Kier molecular flexibility index (Phi) is 2.11. The topological polar surface area (TPSA) is 38.3 Å². The Morgan fingerprint density at radius 3 is 3.00 bits per heavy atom. The molecule has 0 spiro atoms. The highest BCUT2D eigenvalue weighted by molar-refractivity contribution is 5.70. The number of hydrogen-bond acceptors (Lipinski definition) is 2. The Morgan fingerprint density at radius 2 is 2.36 bits per heavy atom. The van der Waals surface area contributed by atoms with E-state index in [0.29, 0.717) is 5.56 Å². The summed E-state index contributed by atoms with van der Waals surface area (Å²) in [5.74, 6) is -0.314. The summed E-state index contributed by atoms with van der Waals surface area (Å²) in [4.78, 5) is 10.8. The summed E-state index contributed by atoms with van der Waals surface area (Å²) < 4.78 is 18.0. The van der Waals surface area contributed by atoms with Crippen molar-refractivity contribution >= 4 is 6.09 Å². The van der Waals surface area contributed by atoms with Gasteiger partial charge in [-0.3, -0.25) is 0 Å². The molecule has 0 saturated carbocycles. The first-order chi connectivity index (χ1) is 6.66. The Bertz CT molecular complexity index is 378. The van der Waals surface area contributed by atoms with Gasteiger partial charge < -0.3 is 10.1 Å². The predicted molar refractivity (Wildman–Crippen MR) is 48.4 cm³/mol. The van der Waals surface area contributed by atoms with Gasteiger partial charge in [0.2, 0.25) is 0 Å². The number of nitrogens with one attached hydrogen (secondary N) is 1. The minimum absolute atomic E-state index is 0.194. The van der Waals surface area contributed by atoms with Crippen LogP contribution < -0.4 is 5.32 Å². The second-order valence-electron chi connectivity index (χ2n) is 3.32. The van der Waals surface area contributed by atoms with Gasteiger partial charge in [0.1, 0.15) is 12.4 Å². The Labute approximate surface area is 80.9 Å². The van der Waals surface area contributed by atoms with Crippen LogP contribution in [0.4, 0.5) is 9.18 Å². The van der Waals surface area contributed by atoms with E-state index in [1.807, 2.05) is 6.92 Å². The van der Waals surface area contributed by atoms with Crippen LogP contribution in [-0.2, 0) is 4.74 Å². The summed E-state index contributed by atoms with van der Waals surface area (Å²) in [5.41, 5.74) is 1.44. The fourth-order valence-electron chi connectivity index (χ4n) is 1.48. The largest absolute Gasteiger partial charge is 0.447 e. The lowest BCUT2D eigenvalue weighted by Crippen LogP contribution is -2.19. The van der Waals surface area contributed by atoms with E-state index in [1.165, 1.54) is 6.07 Å². The van der Waals surface area contributed by atoms with E-state index in [1.54, 1.807) is 12.1 Å². The number of hydrogen-bond donors (Lipinski definition) is 1. The molecule has 1 aromatic rings. The second kappa shape index (κ2) is 3.29. The zero-order chi connectivity index (χ0) is 10.1. The van der Waals surface area contributed by atoms with Crippen molar-refractivity contribution in [1.29, 1.82) is 0 Å². The molecule has 1 aromatic carbocycles. The zero-order valence-electron chi connectivity index (χ0n) is 7.71. The van der Waals surface area contributed by atoms with E-state index in [0.717, 1.165) is 5.56 Å². The highest BCUT2D eigenvalue weighted by Crippen LogP contribution is 2.21. The highest BCUT2D eigenvalue weighted by Gasteiger charge is 2.25. The molecular formula is C10H10FNO2. The van der Waals surface area contributed by atoms with Crippen LogP contribution in [0.1, 0.15) is 17.2 Å². The lowest BCUT2D eigenvalue weighted by atomic mass is 10.0. The predicted octanol–water partition coefficient (Wildman–Crippen LogP) is 1.92. The maximum absolute atomic E-state index is 13.3. The van der Waals surface area contributed by atoms with Crippen molar-refractivity contribution < 1.29 is 13.9 Å². The number of halogens is 1. The minimum atomic E-state index is -0.490. The molecule has 1 aliphatic heterocycles. The molecule has 4 heteroatoms. The zero-order valence-corrected chi connectivity index (χ0v) is 7.71. The fraction of sp³-hybridized carbons (Fsp3) is 0.300. The van der Waals surface area contributed by atoms with Gasteiger partial charge in [-0.25, -0.2) is 9.18 Å². The van der Waals surface area contributed by atoms with Crippen molar-refractivity contribution in [2.45, 2.75) is 13.0 Å². The number of cyclic esters (lactones) is 1. The van der Waals surface area contributed by atoms with Gasteiger partial charge in [-0.05, 0) is 13.0 Å². The fourth-order valence-corrected chi connectivity index (χ4v) is 1.48. The highest BCUT2D eigenvalue weighted by atomic mass is 19.1. The van der Waals surface area contributed by atoms with E-state index in [4.69, 9.17) is 4.74 Å². The number of carbonyl (C=O) groups is 1. The van der Waals surface area contributed by atoms with Crippen LogP contribution in [0.15, 0.2) is 18.2 Å². The first-order valence-electron chi connectivity index (χ1n) is 4.36. The third-order valence-electron chi connectivity index (χ3n) is 2.20. The number of carbonyl (C=O) groups excluding carboxylic acids is 1. The van der Waals surface area contributed by atoms with Gasteiger partial charge in [0.05, 0.1) is 6.04 Å². The molecule has 2 rings (SSSR count). The minimum Gasteiger partial charge on any atom is -0.447 e. The summed E-state index contributed by atoms with van der Waals surface area (Å²) in [6.45, 7) is 2.07. The van der Waals surface area contributed by atoms with Gasteiger partial charge in [-0.2, -0.15) is 0 Å². The van der Waals surface area contributed by atoms with Gasteiger partial charge in [0, 0.05) is 5.56 Å². The molecule has 3 nitrogen and oxygen atoms in total. The maximum atomic E-state index is 13.3. The van der Waals surface area contributed by atoms with Crippen molar-refractivity contribution in [2.24, 2.45) is 0 Å². The number of alkyl carbamates (subject to hydrolysis) is 1. The van der Waals surface area contributed by atoms with E-state index in [2.05, 4.69) is 5.32 Å². The first kappa shape index (κ1) is 8.99. The smallest absolute Gasteiger partial charge is 0.407 e. The molecule has 1 fully saturated rings. The first-order valence-corrected chi connectivity index (χ1v) is 4.36. The molecule has 1 N–H and O–H groups in total. The van der Waals surface area contributed by atoms with Crippen LogP contribution in [0.2, 0.25) is 0 Å². The third-order valence-corrected chi connectivity index (χ3v) is 2.20. The van der Waals surface area contributed by atoms with E-state index in [-0.39, 0.29) is 18.5 Å². The number of aryl methyl sites for hydroxylation is 1. The quantitative estimate of drug-likeness (QED) is 0.743. The maximum Gasteiger partial charge on any atom is 0.407 e. The molecule has 0 radical (unpaired) electrons. The number of ether oxygens (including phenoxy) is 1. The van der Waals surface area contributed by atoms with Crippen molar-refractivity contribution in [3.63, 3.8) is 0 Å². The van der Waals surface area contributed by atoms with Crippen LogP contribution in [0.3, 0.4) is 0 Å². The van der Waals surface area contributed by atoms with Gasteiger partial charge in [0.25, 0.3) is 0 Å². The van der Waals surface area contributed by atoms with E-state index < -0.39 is 6.09 Å². The number of rotatable bonds is 1. The van der Waals surface area contributed by atoms with Crippen molar-refractivity contribution in [3.05, 3.63) is 35.1 Å². The van der Waals surface area contributed by atoms with E-state index in [9.17, 15) is 9.18 Å². The molecule has 1 unspecified atom stereocenters. The van der Waals surface area contributed by atoms with Crippen LogP contribution in [0.5, 0.6) is 0 Å². The molecule has 14 heavy (non-hydrogen) atoms. The molecule has 74 valence electrons. The summed E-state index contributed by atoms with van der Waals surface area (Å²) in [6.07, 6.45) is -0.490. The van der Waals surface area contributed by atoms with Gasteiger partial charge in [0.15, 0.2) is 0 Å². The average Bonchev–Trinajstić information content (AvgIpc) is 2.56. The lowest BCUT2D eigenvalue weighted by Gasteiger charge is -2.09. The number of benzene rings is 1. The number of amides is 1. The molecule has 0 aromatic heterocycles. The Balaban J connectivity index is 2.31. The van der Waals surface area contributed by atoms with Crippen LogP contribution in [0.25, 0.3) is 0 Å². The molecule has 0 aliphatic carbocycles. The molecule has 1 heterocycles. The van der Waals surface area contributed by atoms with Crippen molar-refractivity contribution in [2.75, 3.05) is 6.61 Å². The molecule has 1 atom stereocenters. The van der Waals surface area contributed by atoms with Gasteiger partial charge in [-0.1, -0.05) is 17.7 Å².